The van der Waals surface area contributed by atoms with Crippen molar-refractivity contribution in [3.05, 3.63) is 20.9 Å². The first kappa shape index (κ1) is 20.1. The highest BCUT2D eigenvalue weighted by Gasteiger charge is 2.76. The Hall–Kier alpha value is -2.67. The third kappa shape index (κ3) is 2.73. The van der Waals surface area contributed by atoms with Gasteiger partial charge in [-0.3, -0.25) is 16.8 Å². The van der Waals surface area contributed by atoms with Gasteiger partial charge in [-0.25, -0.2) is 15.3 Å². The maximum absolute atomic E-state index is 11.3. The Morgan fingerprint density at radius 3 is 2.04 bits per heavy atom. The molecule has 15 nitrogen and oxygen atoms in total. The predicted octanol–water partition coefficient (Wildman–Crippen LogP) is -5.86. The second kappa shape index (κ2) is 7.05. The van der Waals surface area contributed by atoms with Crippen LogP contribution in [-0.4, -0.2) is 69.4 Å². The van der Waals surface area contributed by atoms with Gasteiger partial charge in [0.2, 0.25) is 12.5 Å². The molecule has 0 amide bonds. The highest BCUT2D eigenvalue weighted by Crippen LogP contribution is 2.53. The van der Waals surface area contributed by atoms with E-state index in [-0.39, 0.29) is 25.0 Å². The lowest BCUT2D eigenvalue weighted by Crippen LogP contribution is -2.85. The van der Waals surface area contributed by atoms with Crippen molar-refractivity contribution in [1.82, 2.24) is 10.6 Å². The molecule has 1 spiro atoms. The predicted molar refractivity (Wildman–Crippen MR) is 94.4 cm³/mol. The van der Waals surface area contributed by atoms with E-state index in [1.165, 1.54) is 0 Å². The Labute approximate surface area is 162 Å². The van der Waals surface area contributed by atoms with Crippen molar-refractivity contribution >= 4 is 23.5 Å². The summed E-state index contributed by atoms with van der Waals surface area (Å²) in [5, 5.41) is 44.2. The van der Waals surface area contributed by atoms with Gasteiger partial charge in [-0.1, -0.05) is 10.2 Å². The molecule has 1 aliphatic carbocycles. The van der Waals surface area contributed by atoms with Crippen molar-refractivity contribution in [2.24, 2.45) is 39.4 Å². The third-order valence-electron chi connectivity index (χ3n) is 5.65. The van der Waals surface area contributed by atoms with Gasteiger partial charge < -0.3 is 15.3 Å². The molecule has 0 aromatic rings. The lowest BCUT2D eigenvalue weighted by Gasteiger charge is -2.41. The van der Waals surface area contributed by atoms with Gasteiger partial charge in [0.25, 0.3) is 5.72 Å². The standard InChI is InChI=1S/C12H19ClN12O3/c13-6-4(2-19-25-17)3(1-18-24-16)5(11(6)7(26)20-9(14)22-11)12(28)8(27)21-10(15)23-12/h3-8,26-28H,1-2H2,(H3,14,20,22)(H3,15,21,23)/p+2/t3-,4-,5?,6+,7?,8?,11+,12?/m1/s1. The van der Waals surface area contributed by atoms with Gasteiger partial charge in [-0.15, -0.1) is 11.6 Å². The number of rotatable bonds is 5. The molecule has 0 aromatic heterocycles. The molecule has 3 rings (SSSR count). The maximum Gasteiger partial charge on any atom is 0.345 e. The van der Waals surface area contributed by atoms with Crippen LogP contribution >= 0.6 is 11.6 Å². The number of azide groups is 2. The molecular formula is C12H21ClN12O3+2. The number of nitrogens with one attached hydrogen (secondary N) is 4. The van der Waals surface area contributed by atoms with Gasteiger partial charge in [0.1, 0.15) is 0 Å². The summed E-state index contributed by atoms with van der Waals surface area (Å²) in [6.07, 6.45) is -2.97. The second-order valence-corrected chi connectivity index (χ2v) is 7.43. The molecule has 3 aliphatic rings. The molecule has 4 unspecified atom stereocenters. The second-order valence-electron chi connectivity index (χ2n) is 6.96. The Balaban J connectivity index is 2.16. The summed E-state index contributed by atoms with van der Waals surface area (Å²) >= 11 is 6.70. The fourth-order valence-corrected chi connectivity index (χ4v) is 5.24. The van der Waals surface area contributed by atoms with Crippen LogP contribution in [0.25, 0.3) is 20.9 Å². The van der Waals surface area contributed by atoms with Crippen LogP contribution in [0.15, 0.2) is 10.2 Å². The first-order valence-electron chi connectivity index (χ1n) is 8.31. The van der Waals surface area contributed by atoms with Gasteiger partial charge >= 0.3 is 11.9 Å². The molecule has 152 valence electrons. The smallest absolute Gasteiger partial charge is 0.345 e. The first-order valence-corrected chi connectivity index (χ1v) is 8.74. The lowest BCUT2D eigenvalue weighted by molar-refractivity contribution is -0.578. The molecular weight excluding hydrogens is 396 g/mol. The molecule has 28 heavy (non-hydrogen) atoms. The fraction of sp³-hybridized carbons (Fsp3) is 0.833. The van der Waals surface area contributed by atoms with Crippen molar-refractivity contribution < 1.29 is 25.3 Å². The number of aliphatic hydroxyl groups excluding tert-OH is 2. The van der Waals surface area contributed by atoms with Gasteiger partial charge in [0, 0.05) is 22.9 Å². The molecule has 11 N–H and O–H groups in total. The molecule has 8 atom stereocenters. The average Bonchev–Trinajstić information content (AvgIpc) is 3.15. The van der Waals surface area contributed by atoms with Gasteiger partial charge in [0.05, 0.1) is 11.3 Å². The van der Waals surface area contributed by atoms with Crippen LogP contribution in [-0.2, 0) is 0 Å². The van der Waals surface area contributed by atoms with Crippen molar-refractivity contribution in [2.45, 2.75) is 29.1 Å². The largest absolute Gasteiger partial charge is 0.358 e. The quantitative estimate of drug-likeness (QED) is 0.0904. The van der Waals surface area contributed by atoms with Crippen LogP contribution in [0.1, 0.15) is 0 Å². The van der Waals surface area contributed by atoms with E-state index in [2.05, 4.69) is 40.7 Å². The Bertz CT molecular complexity index is 810. The number of aliphatic hydroxyl groups is 3. The molecule has 2 heterocycles. The maximum atomic E-state index is 11.3. The monoisotopic (exact) mass is 416 g/mol. The van der Waals surface area contributed by atoms with Crippen LogP contribution in [0.2, 0.25) is 0 Å². The van der Waals surface area contributed by atoms with Crippen LogP contribution in [0.3, 0.4) is 0 Å². The SMILES string of the molecule is [N-]=[N+]=NC[C@@H]1[C@@H](CN=[N+]=[N-])C(C2(O)NC(N)=[NH+]C2O)[C@]2(NC(N)=[NH+]C2O)[C@H]1Cl. The average molecular weight is 417 g/mol. The summed E-state index contributed by atoms with van der Waals surface area (Å²) in [4.78, 5) is 10.5. The van der Waals surface area contributed by atoms with Crippen molar-refractivity contribution in [1.29, 1.82) is 0 Å². The summed E-state index contributed by atoms with van der Waals surface area (Å²) in [6, 6.07) is 0. The number of hydrogen-bond donors (Lipinski definition) is 9. The minimum Gasteiger partial charge on any atom is -0.358 e. The number of nitrogens with two attached hydrogens (primary N) is 2. The summed E-state index contributed by atoms with van der Waals surface area (Å²) < 4.78 is 0. The minimum absolute atomic E-state index is 0.00360. The van der Waals surface area contributed by atoms with Crippen molar-refractivity contribution in [3.63, 3.8) is 0 Å². The minimum atomic E-state index is -2.13. The highest BCUT2D eigenvalue weighted by atomic mass is 35.5. The number of halogens is 1. The zero-order valence-electron chi connectivity index (χ0n) is 14.4. The van der Waals surface area contributed by atoms with Gasteiger partial charge in [-0.05, 0) is 22.9 Å². The van der Waals surface area contributed by atoms with E-state index < -0.39 is 46.9 Å². The van der Waals surface area contributed by atoms with Gasteiger partial charge in [-0.2, -0.15) is 0 Å². The number of alkyl halides is 1. The van der Waals surface area contributed by atoms with Crippen LogP contribution in [0, 0.1) is 17.8 Å². The molecule has 1 fully saturated rings. The van der Waals surface area contributed by atoms with Crippen LogP contribution in [0.4, 0.5) is 0 Å². The highest BCUT2D eigenvalue weighted by molar-refractivity contribution is 6.22. The molecule has 2 aliphatic heterocycles. The number of nitrogens with zero attached hydrogens (tertiary/aromatic N) is 6. The summed E-state index contributed by atoms with van der Waals surface area (Å²) in [6.45, 7) is -0.274. The zero-order chi connectivity index (χ0) is 20.7. The summed E-state index contributed by atoms with van der Waals surface area (Å²) in [5.74, 6) is -2.59. The summed E-state index contributed by atoms with van der Waals surface area (Å²) in [5.41, 5.74) is 25.4. The van der Waals surface area contributed by atoms with E-state index in [0.29, 0.717) is 0 Å². The topological polar surface area (TPSA) is 262 Å². The van der Waals surface area contributed by atoms with E-state index in [1.807, 2.05) is 0 Å². The van der Waals surface area contributed by atoms with E-state index >= 15 is 0 Å². The molecule has 0 saturated heterocycles. The van der Waals surface area contributed by atoms with Crippen molar-refractivity contribution in [2.75, 3.05) is 13.1 Å². The lowest BCUT2D eigenvalue weighted by atomic mass is 9.73. The molecule has 1 saturated carbocycles. The first-order chi connectivity index (χ1) is 13.2. The van der Waals surface area contributed by atoms with Crippen LogP contribution < -0.4 is 32.1 Å². The van der Waals surface area contributed by atoms with E-state index in [9.17, 15) is 15.3 Å². The summed E-state index contributed by atoms with van der Waals surface area (Å²) in [7, 11) is 0. The zero-order valence-corrected chi connectivity index (χ0v) is 15.2. The molecule has 0 bridgehead atoms. The molecule has 0 aromatic carbocycles. The Morgan fingerprint density at radius 1 is 1.04 bits per heavy atom. The third-order valence-corrected chi connectivity index (χ3v) is 6.34. The van der Waals surface area contributed by atoms with Gasteiger partial charge in [0.15, 0.2) is 5.54 Å². The van der Waals surface area contributed by atoms with E-state index in [1.54, 1.807) is 0 Å². The van der Waals surface area contributed by atoms with E-state index in [4.69, 9.17) is 34.1 Å². The Morgan fingerprint density at radius 2 is 1.57 bits per heavy atom. The van der Waals surface area contributed by atoms with Crippen LogP contribution in [0.5, 0.6) is 0 Å². The van der Waals surface area contributed by atoms with Crippen molar-refractivity contribution in [3.8, 4) is 0 Å². The number of guanidine groups is 2. The Kier molecular flexibility index (Phi) is 5.06. The number of hydrogen-bond acceptors (Lipinski definition) is 9. The van der Waals surface area contributed by atoms with E-state index in [0.717, 1.165) is 0 Å². The normalized spacial score (nSPS) is 44.1. The molecule has 16 heteroatoms. The molecule has 0 radical (unpaired) electrons. The fourth-order valence-electron chi connectivity index (χ4n) is 4.66.